The van der Waals surface area contributed by atoms with Gasteiger partial charge in [-0.25, -0.2) is 0 Å². The number of halogens is 3. The minimum atomic E-state index is -4.26. The number of aliphatic hydroxyl groups excluding tert-OH is 1. The molecule has 1 aromatic rings. The molecule has 2 atom stereocenters. The molecule has 0 aromatic heterocycles. The molecule has 2 fully saturated rings. The SMILES string of the molecule is OCCCN1CC[C@]2(C[C@H]2c2ccc(C(F)(F)F)cc2)C1. The summed E-state index contributed by atoms with van der Waals surface area (Å²) < 4.78 is 37.7. The number of aliphatic hydroxyl groups is 1. The molecular weight excluding hydrogens is 279 g/mol. The molecule has 1 aliphatic heterocycles. The fourth-order valence-corrected chi connectivity index (χ4v) is 3.64. The molecule has 2 aliphatic rings. The molecule has 0 amide bonds. The highest BCUT2D eigenvalue weighted by molar-refractivity contribution is 5.34. The van der Waals surface area contributed by atoms with Crippen LogP contribution in [0.5, 0.6) is 0 Å². The monoisotopic (exact) mass is 299 g/mol. The lowest BCUT2D eigenvalue weighted by Crippen LogP contribution is -2.23. The standard InChI is InChI=1S/C16H20F3NO/c17-16(18,19)13-4-2-12(3-5-13)14-10-15(14)6-8-20(11-15)7-1-9-21/h2-5,14,21H,1,6-11H2/t14-,15-/m0/s1. The molecular formula is C16H20F3NO. The van der Waals surface area contributed by atoms with Gasteiger partial charge in [0.2, 0.25) is 0 Å². The van der Waals surface area contributed by atoms with Crippen LogP contribution < -0.4 is 0 Å². The molecule has 21 heavy (non-hydrogen) atoms. The normalized spacial score (nSPS) is 29.2. The third-order valence-corrected chi connectivity index (χ3v) is 4.93. The molecule has 1 heterocycles. The van der Waals surface area contributed by atoms with E-state index in [9.17, 15) is 13.2 Å². The van der Waals surface area contributed by atoms with Gasteiger partial charge in [0.1, 0.15) is 0 Å². The van der Waals surface area contributed by atoms with Gasteiger partial charge in [-0.3, -0.25) is 0 Å². The predicted molar refractivity (Wildman–Crippen MR) is 74.0 cm³/mol. The molecule has 1 saturated carbocycles. The lowest BCUT2D eigenvalue weighted by Gasteiger charge is -2.15. The molecule has 0 bridgehead atoms. The molecule has 1 aromatic carbocycles. The number of hydrogen-bond donors (Lipinski definition) is 1. The zero-order valence-corrected chi connectivity index (χ0v) is 11.9. The van der Waals surface area contributed by atoms with Gasteiger partial charge in [-0.15, -0.1) is 0 Å². The van der Waals surface area contributed by atoms with E-state index >= 15 is 0 Å². The van der Waals surface area contributed by atoms with Crippen LogP contribution in [0, 0.1) is 5.41 Å². The minimum absolute atomic E-state index is 0.214. The van der Waals surface area contributed by atoms with Crippen molar-refractivity contribution in [3.05, 3.63) is 35.4 Å². The summed E-state index contributed by atoms with van der Waals surface area (Å²) in [5, 5.41) is 8.88. The predicted octanol–water partition coefficient (Wildman–Crippen LogP) is 3.27. The number of likely N-dealkylation sites (tertiary alicyclic amines) is 1. The van der Waals surface area contributed by atoms with Crippen molar-refractivity contribution in [2.75, 3.05) is 26.2 Å². The second kappa shape index (κ2) is 5.29. The Morgan fingerprint density at radius 1 is 1.24 bits per heavy atom. The second-order valence-corrected chi connectivity index (χ2v) is 6.34. The van der Waals surface area contributed by atoms with Crippen LogP contribution in [0.3, 0.4) is 0 Å². The fraction of sp³-hybridized carbons (Fsp3) is 0.625. The summed E-state index contributed by atoms with van der Waals surface area (Å²) in [5.41, 5.74) is 0.735. The van der Waals surface area contributed by atoms with Crippen molar-refractivity contribution in [3.63, 3.8) is 0 Å². The maximum Gasteiger partial charge on any atom is 0.416 e. The first-order valence-electron chi connectivity index (χ1n) is 7.45. The molecule has 5 heteroatoms. The summed E-state index contributed by atoms with van der Waals surface area (Å²) in [4.78, 5) is 2.36. The zero-order valence-electron chi connectivity index (χ0n) is 11.9. The smallest absolute Gasteiger partial charge is 0.396 e. The fourth-order valence-electron chi connectivity index (χ4n) is 3.64. The van der Waals surface area contributed by atoms with E-state index in [1.54, 1.807) is 12.1 Å². The van der Waals surface area contributed by atoms with Crippen LogP contribution in [-0.4, -0.2) is 36.2 Å². The highest BCUT2D eigenvalue weighted by atomic mass is 19.4. The molecule has 1 saturated heterocycles. The largest absolute Gasteiger partial charge is 0.416 e. The van der Waals surface area contributed by atoms with Gasteiger partial charge in [-0.2, -0.15) is 13.2 Å². The summed E-state index contributed by atoms with van der Waals surface area (Å²) >= 11 is 0. The van der Waals surface area contributed by atoms with Gasteiger partial charge in [0.25, 0.3) is 0 Å². The third kappa shape index (κ3) is 2.94. The van der Waals surface area contributed by atoms with E-state index in [0.29, 0.717) is 5.92 Å². The lowest BCUT2D eigenvalue weighted by atomic mass is 9.97. The van der Waals surface area contributed by atoms with Crippen molar-refractivity contribution >= 4 is 0 Å². The number of alkyl halides is 3. The van der Waals surface area contributed by atoms with Crippen molar-refractivity contribution in [1.82, 2.24) is 4.90 Å². The van der Waals surface area contributed by atoms with Gasteiger partial charge >= 0.3 is 6.18 Å². The molecule has 3 rings (SSSR count). The second-order valence-electron chi connectivity index (χ2n) is 6.34. The Balaban J connectivity index is 1.63. The average molecular weight is 299 g/mol. The van der Waals surface area contributed by atoms with Crippen LogP contribution in [0.4, 0.5) is 13.2 Å². The summed E-state index contributed by atoms with van der Waals surface area (Å²) in [6.07, 6.45) is -1.27. The molecule has 0 unspecified atom stereocenters. The molecule has 0 radical (unpaired) electrons. The Hall–Kier alpha value is -1.07. The average Bonchev–Trinajstić information content (AvgIpc) is 2.99. The van der Waals surface area contributed by atoms with Gasteiger partial charge in [0.15, 0.2) is 0 Å². The first-order chi connectivity index (χ1) is 9.94. The summed E-state index contributed by atoms with van der Waals surface area (Å²) in [6, 6.07) is 5.66. The van der Waals surface area contributed by atoms with Gasteiger partial charge in [-0.1, -0.05) is 12.1 Å². The maximum atomic E-state index is 12.6. The topological polar surface area (TPSA) is 23.5 Å². The quantitative estimate of drug-likeness (QED) is 0.922. The number of hydrogen-bond acceptors (Lipinski definition) is 2. The van der Waals surface area contributed by atoms with Crippen LogP contribution in [0.1, 0.15) is 36.3 Å². The van der Waals surface area contributed by atoms with Gasteiger partial charge in [0, 0.05) is 19.7 Å². The van der Waals surface area contributed by atoms with Crippen molar-refractivity contribution < 1.29 is 18.3 Å². The Morgan fingerprint density at radius 3 is 2.57 bits per heavy atom. The Labute approximate surface area is 122 Å². The minimum Gasteiger partial charge on any atom is -0.396 e. The first-order valence-corrected chi connectivity index (χ1v) is 7.45. The van der Waals surface area contributed by atoms with E-state index in [2.05, 4.69) is 4.90 Å². The Kier molecular flexibility index (Phi) is 3.74. The highest BCUT2D eigenvalue weighted by Gasteiger charge is 2.57. The van der Waals surface area contributed by atoms with E-state index < -0.39 is 11.7 Å². The van der Waals surface area contributed by atoms with Crippen LogP contribution in [0.15, 0.2) is 24.3 Å². The Bertz CT molecular complexity index is 499. The van der Waals surface area contributed by atoms with Crippen molar-refractivity contribution in [2.45, 2.75) is 31.4 Å². The zero-order chi connectivity index (χ0) is 15.1. The van der Waals surface area contributed by atoms with E-state index in [0.717, 1.165) is 44.5 Å². The molecule has 1 spiro atoms. The number of benzene rings is 1. The summed E-state index contributed by atoms with van der Waals surface area (Å²) in [7, 11) is 0. The third-order valence-electron chi connectivity index (χ3n) is 4.93. The molecule has 1 N–H and O–H groups in total. The van der Waals surface area contributed by atoms with Crippen molar-refractivity contribution in [1.29, 1.82) is 0 Å². The molecule has 116 valence electrons. The maximum absolute atomic E-state index is 12.6. The molecule has 2 nitrogen and oxygen atoms in total. The van der Waals surface area contributed by atoms with E-state index in [1.165, 1.54) is 12.1 Å². The van der Waals surface area contributed by atoms with Crippen LogP contribution in [0.25, 0.3) is 0 Å². The first kappa shape index (κ1) is 14.9. The molecule has 1 aliphatic carbocycles. The van der Waals surface area contributed by atoms with Gasteiger partial charge in [-0.05, 0) is 54.8 Å². The summed E-state index contributed by atoms with van der Waals surface area (Å²) in [5.74, 6) is 0.402. The highest BCUT2D eigenvalue weighted by Crippen LogP contribution is 2.64. The van der Waals surface area contributed by atoms with Gasteiger partial charge in [0.05, 0.1) is 5.56 Å². The van der Waals surface area contributed by atoms with Crippen molar-refractivity contribution in [2.24, 2.45) is 5.41 Å². The van der Waals surface area contributed by atoms with Crippen molar-refractivity contribution in [3.8, 4) is 0 Å². The van der Waals surface area contributed by atoms with Crippen LogP contribution in [0.2, 0.25) is 0 Å². The van der Waals surface area contributed by atoms with Gasteiger partial charge < -0.3 is 10.0 Å². The number of nitrogens with zero attached hydrogens (tertiary/aromatic N) is 1. The van der Waals surface area contributed by atoms with E-state index in [-0.39, 0.29) is 12.0 Å². The van der Waals surface area contributed by atoms with Crippen LogP contribution >= 0.6 is 0 Å². The Morgan fingerprint density at radius 2 is 1.95 bits per heavy atom. The van der Waals surface area contributed by atoms with E-state index in [4.69, 9.17) is 5.11 Å². The summed E-state index contributed by atoms with van der Waals surface area (Å²) in [6.45, 7) is 3.18. The van der Waals surface area contributed by atoms with Crippen LogP contribution in [-0.2, 0) is 6.18 Å². The lowest BCUT2D eigenvalue weighted by molar-refractivity contribution is -0.137. The van der Waals surface area contributed by atoms with E-state index in [1.807, 2.05) is 0 Å². The number of rotatable bonds is 4.